The predicted molar refractivity (Wildman–Crippen MR) is 77.2 cm³/mol. The Morgan fingerprint density at radius 3 is 2.90 bits per heavy atom. The number of hydrogen-bond acceptors (Lipinski definition) is 4. The third-order valence-electron chi connectivity index (χ3n) is 3.49. The van der Waals surface area contributed by atoms with Crippen LogP contribution in [0.3, 0.4) is 0 Å². The third-order valence-corrected chi connectivity index (χ3v) is 4.42. The molecule has 2 N–H and O–H groups in total. The summed E-state index contributed by atoms with van der Waals surface area (Å²) in [5, 5.41) is 12.2. The van der Waals surface area contributed by atoms with Gasteiger partial charge >= 0.3 is 12.0 Å². The summed E-state index contributed by atoms with van der Waals surface area (Å²) in [4.78, 5) is 30.1. The van der Waals surface area contributed by atoms with Crippen LogP contribution in [0.25, 0.3) is 0 Å². The summed E-state index contributed by atoms with van der Waals surface area (Å²) in [7, 11) is 0. The van der Waals surface area contributed by atoms with Crippen molar-refractivity contribution in [2.75, 3.05) is 11.9 Å². The van der Waals surface area contributed by atoms with Gasteiger partial charge in [0, 0.05) is 17.5 Å². The van der Waals surface area contributed by atoms with Crippen LogP contribution in [0.1, 0.15) is 36.8 Å². The van der Waals surface area contributed by atoms with E-state index in [1.165, 1.54) is 11.3 Å². The van der Waals surface area contributed by atoms with Crippen LogP contribution in [0, 0.1) is 6.92 Å². The number of hydrogen-bond donors (Lipinski definition) is 2. The molecule has 1 aromatic rings. The topological polar surface area (TPSA) is 82.5 Å². The number of carbonyl (C=O) groups excluding carboxylic acids is 1. The molecule has 1 aliphatic rings. The largest absolute Gasteiger partial charge is 0.481 e. The molecule has 0 aromatic carbocycles. The first-order chi connectivity index (χ1) is 9.51. The Hall–Kier alpha value is -1.63. The van der Waals surface area contributed by atoms with Crippen molar-refractivity contribution in [3.8, 4) is 0 Å². The highest BCUT2D eigenvalue weighted by atomic mass is 32.1. The maximum atomic E-state index is 12.2. The van der Waals surface area contributed by atoms with Crippen LogP contribution >= 0.6 is 11.3 Å². The Balaban J connectivity index is 2.01. The Bertz CT molecular complexity index is 515. The molecular weight excluding hydrogens is 278 g/mol. The first-order valence-electron chi connectivity index (χ1n) is 6.77. The number of likely N-dealkylation sites (tertiary alicyclic amines) is 1. The Labute approximate surface area is 121 Å². The highest BCUT2D eigenvalue weighted by Crippen LogP contribution is 2.25. The lowest BCUT2D eigenvalue weighted by molar-refractivity contribution is -0.137. The fourth-order valence-corrected chi connectivity index (χ4v) is 3.38. The summed E-state index contributed by atoms with van der Waals surface area (Å²) < 4.78 is 0. The lowest BCUT2D eigenvalue weighted by atomic mass is 10.1. The van der Waals surface area contributed by atoms with Crippen molar-refractivity contribution >= 4 is 28.5 Å². The number of anilines is 1. The van der Waals surface area contributed by atoms with Gasteiger partial charge in [-0.3, -0.25) is 10.1 Å². The SMILES string of the molecule is CCc1nc(NC(=O)N2CCCC2CC(=O)O)sc1C. The average Bonchev–Trinajstić information content (AvgIpc) is 2.95. The van der Waals surface area contributed by atoms with Gasteiger partial charge < -0.3 is 10.0 Å². The number of nitrogens with zero attached hydrogens (tertiary/aromatic N) is 2. The molecular formula is C13H19N3O3S. The Kier molecular flexibility index (Phi) is 4.59. The van der Waals surface area contributed by atoms with Crippen LogP contribution in [0.5, 0.6) is 0 Å². The Morgan fingerprint density at radius 1 is 1.55 bits per heavy atom. The number of carboxylic acids is 1. The molecule has 0 spiro atoms. The van der Waals surface area contributed by atoms with Crippen molar-refractivity contribution in [1.29, 1.82) is 0 Å². The minimum atomic E-state index is -0.868. The van der Waals surface area contributed by atoms with Crippen molar-refractivity contribution in [2.45, 2.75) is 45.6 Å². The molecule has 110 valence electrons. The van der Waals surface area contributed by atoms with Crippen molar-refractivity contribution in [3.63, 3.8) is 0 Å². The van der Waals surface area contributed by atoms with Crippen LogP contribution in [-0.2, 0) is 11.2 Å². The summed E-state index contributed by atoms with van der Waals surface area (Å²) >= 11 is 1.46. The standard InChI is InChI=1S/C13H19N3O3S/c1-3-10-8(2)20-12(14-10)15-13(19)16-6-4-5-9(16)7-11(17)18/h9H,3-7H2,1-2H3,(H,17,18)(H,14,15,19). The van der Waals surface area contributed by atoms with E-state index in [1.54, 1.807) is 4.90 Å². The molecule has 1 saturated heterocycles. The maximum Gasteiger partial charge on any atom is 0.323 e. The summed E-state index contributed by atoms with van der Waals surface area (Å²) in [5.41, 5.74) is 0.994. The van der Waals surface area contributed by atoms with Crippen molar-refractivity contribution in [1.82, 2.24) is 9.88 Å². The Morgan fingerprint density at radius 2 is 2.30 bits per heavy atom. The van der Waals surface area contributed by atoms with Crippen molar-refractivity contribution < 1.29 is 14.7 Å². The molecule has 1 fully saturated rings. The lowest BCUT2D eigenvalue weighted by Crippen LogP contribution is -2.39. The van der Waals surface area contributed by atoms with E-state index < -0.39 is 5.97 Å². The molecule has 0 aliphatic carbocycles. The van der Waals surface area contributed by atoms with Gasteiger partial charge in [-0.25, -0.2) is 9.78 Å². The van der Waals surface area contributed by atoms with Gasteiger partial charge in [0.25, 0.3) is 0 Å². The number of aryl methyl sites for hydroxylation is 2. The van der Waals surface area contributed by atoms with E-state index in [1.807, 2.05) is 13.8 Å². The second-order valence-corrected chi connectivity index (χ2v) is 6.10. The van der Waals surface area contributed by atoms with Gasteiger partial charge in [0.15, 0.2) is 5.13 Å². The second-order valence-electron chi connectivity index (χ2n) is 4.89. The number of amides is 2. The van der Waals surface area contributed by atoms with E-state index in [-0.39, 0.29) is 18.5 Å². The average molecular weight is 297 g/mol. The van der Waals surface area contributed by atoms with Crippen LogP contribution in [0.4, 0.5) is 9.93 Å². The van der Waals surface area contributed by atoms with Gasteiger partial charge in [0.2, 0.25) is 0 Å². The van der Waals surface area contributed by atoms with E-state index in [0.29, 0.717) is 11.7 Å². The quantitative estimate of drug-likeness (QED) is 0.894. The lowest BCUT2D eigenvalue weighted by Gasteiger charge is -2.23. The van der Waals surface area contributed by atoms with Crippen molar-refractivity contribution in [2.24, 2.45) is 0 Å². The zero-order valence-electron chi connectivity index (χ0n) is 11.7. The van der Waals surface area contributed by atoms with Crippen LogP contribution in [0.2, 0.25) is 0 Å². The number of carboxylic acid groups (broad SMARTS) is 1. The first kappa shape index (κ1) is 14.8. The van der Waals surface area contributed by atoms with Crippen molar-refractivity contribution in [3.05, 3.63) is 10.6 Å². The number of carbonyl (C=O) groups is 2. The maximum absolute atomic E-state index is 12.2. The number of urea groups is 1. The van der Waals surface area contributed by atoms with Gasteiger partial charge in [-0.2, -0.15) is 0 Å². The molecule has 0 saturated carbocycles. The number of rotatable bonds is 4. The second kappa shape index (κ2) is 6.21. The van der Waals surface area contributed by atoms with E-state index in [9.17, 15) is 9.59 Å². The van der Waals surface area contributed by atoms with E-state index in [2.05, 4.69) is 10.3 Å². The van der Waals surface area contributed by atoms with Crippen LogP contribution < -0.4 is 5.32 Å². The number of nitrogens with one attached hydrogen (secondary N) is 1. The zero-order valence-corrected chi connectivity index (χ0v) is 12.5. The molecule has 0 bridgehead atoms. The molecule has 1 atom stereocenters. The van der Waals surface area contributed by atoms with E-state index >= 15 is 0 Å². The summed E-state index contributed by atoms with van der Waals surface area (Å²) in [6.07, 6.45) is 2.44. The number of aromatic nitrogens is 1. The third kappa shape index (κ3) is 3.27. The molecule has 7 heteroatoms. The van der Waals surface area contributed by atoms with Crippen LogP contribution in [0.15, 0.2) is 0 Å². The first-order valence-corrected chi connectivity index (χ1v) is 7.58. The van der Waals surface area contributed by atoms with Gasteiger partial charge in [-0.15, -0.1) is 11.3 Å². The minimum absolute atomic E-state index is 0.00449. The highest BCUT2D eigenvalue weighted by molar-refractivity contribution is 7.15. The van der Waals surface area contributed by atoms with Gasteiger partial charge in [0.1, 0.15) is 0 Å². The molecule has 0 radical (unpaired) electrons. The highest BCUT2D eigenvalue weighted by Gasteiger charge is 2.30. The molecule has 2 amide bonds. The monoisotopic (exact) mass is 297 g/mol. The fourth-order valence-electron chi connectivity index (χ4n) is 2.49. The molecule has 2 rings (SSSR count). The van der Waals surface area contributed by atoms with E-state index in [0.717, 1.165) is 29.8 Å². The van der Waals surface area contributed by atoms with Crippen LogP contribution in [-0.4, -0.2) is 39.6 Å². The fraction of sp³-hybridized carbons (Fsp3) is 0.615. The zero-order chi connectivity index (χ0) is 14.7. The summed E-state index contributed by atoms with van der Waals surface area (Å²) in [6, 6.07) is -0.454. The molecule has 1 unspecified atom stereocenters. The number of thiazole rings is 1. The predicted octanol–water partition coefficient (Wildman–Crippen LogP) is 2.48. The smallest absolute Gasteiger partial charge is 0.323 e. The normalized spacial score (nSPS) is 18.3. The number of aliphatic carboxylic acids is 1. The molecule has 6 nitrogen and oxygen atoms in total. The molecule has 20 heavy (non-hydrogen) atoms. The molecule has 1 aliphatic heterocycles. The van der Waals surface area contributed by atoms with Gasteiger partial charge in [-0.1, -0.05) is 6.92 Å². The van der Waals surface area contributed by atoms with Gasteiger partial charge in [-0.05, 0) is 26.2 Å². The van der Waals surface area contributed by atoms with Gasteiger partial charge in [0.05, 0.1) is 12.1 Å². The minimum Gasteiger partial charge on any atom is -0.481 e. The molecule has 2 heterocycles. The molecule has 1 aromatic heterocycles. The summed E-state index contributed by atoms with van der Waals surface area (Å²) in [6.45, 7) is 4.61. The summed E-state index contributed by atoms with van der Waals surface area (Å²) in [5.74, 6) is -0.868. The van der Waals surface area contributed by atoms with E-state index in [4.69, 9.17) is 5.11 Å².